The van der Waals surface area contributed by atoms with Crippen molar-refractivity contribution < 1.29 is 9.90 Å². The van der Waals surface area contributed by atoms with Crippen LogP contribution in [0.25, 0.3) is 0 Å². The minimum Gasteiger partial charge on any atom is -0.493 e. The van der Waals surface area contributed by atoms with E-state index in [1.54, 1.807) is 12.1 Å². The van der Waals surface area contributed by atoms with Crippen molar-refractivity contribution in [1.29, 1.82) is 0 Å². The summed E-state index contributed by atoms with van der Waals surface area (Å²) in [4.78, 5) is 13.6. The molecule has 0 spiro atoms. The molecular formula is C7H7NO2. The molecule has 3 nitrogen and oxygen atoms in total. The van der Waals surface area contributed by atoms with Gasteiger partial charge in [-0.15, -0.1) is 0 Å². The molecule has 0 aromatic carbocycles. The first-order chi connectivity index (χ1) is 4.84. The highest BCUT2D eigenvalue weighted by atomic mass is 16.3. The molecule has 1 N–H and O–H groups in total. The summed E-state index contributed by atoms with van der Waals surface area (Å²) in [7, 11) is 0. The van der Waals surface area contributed by atoms with Gasteiger partial charge in [0.2, 0.25) is 5.88 Å². The second-order valence-corrected chi connectivity index (χ2v) is 1.86. The lowest BCUT2D eigenvalue weighted by Crippen LogP contribution is -1.87. The van der Waals surface area contributed by atoms with Gasteiger partial charge in [-0.25, -0.2) is 4.98 Å². The zero-order valence-electron chi connectivity index (χ0n) is 5.32. The summed E-state index contributed by atoms with van der Waals surface area (Å²) in [6, 6.07) is 3.34. The number of nitrogens with zero attached hydrogens (tertiary/aromatic N) is 1. The molecule has 0 saturated heterocycles. The fourth-order valence-electron chi connectivity index (χ4n) is 0.679. The Hall–Kier alpha value is -1.38. The lowest BCUT2D eigenvalue weighted by Gasteiger charge is -1.95. The average molecular weight is 137 g/mol. The number of carbonyl (C=O) groups is 1. The molecule has 0 aliphatic heterocycles. The van der Waals surface area contributed by atoms with Crippen LogP contribution in [0.1, 0.15) is 5.56 Å². The van der Waals surface area contributed by atoms with Gasteiger partial charge in [0, 0.05) is 18.2 Å². The van der Waals surface area contributed by atoms with Gasteiger partial charge in [0.1, 0.15) is 6.29 Å². The first kappa shape index (κ1) is 6.74. The Morgan fingerprint density at radius 2 is 2.50 bits per heavy atom. The van der Waals surface area contributed by atoms with Gasteiger partial charge in [-0.1, -0.05) is 6.07 Å². The fraction of sp³-hybridized carbons (Fsp3) is 0.143. The van der Waals surface area contributed by atoms with Gasteiger partial charge in [-0.3, -0.25) is 0 Å². The summed E-state index contributed by atoms with van der Waals surface area (Å²) in [6.07, 6.45) is 2.43. The molecule has 0 radical (unpaired) electrons. The largest absolute Gasteiger partial charge is 0.493 e. The van der Waals surface area contributed by atoms with E-state index in [2.05, 4.69) is 4.98 Å². The molecule has 1 aromatic rings. The van der Waals surface area contributed by atoms with E-state index in [1.165, 1.54) is 6.20 Å². The van der Waals surface area contributed by atoms with Crippen LogP contribution < -0.4 is 0 Å². The van der Waals surface area contributed by atoms with Crippen molar-refractivity contribution in [3.63, 3.8) is 0 Å². The smallest absolute Gasteiger partial charge is 0.214 e. The van der Waals surface area contributed by atoms with Crippen LogP contribution in [0.3, 0.4) is 0 Å². The molecule has 0 bridgehead atoms. The van der Waals surface area contributed by atoms with E-state index >= 15 is 0 Å². The van der Waals surface area contributed by atoms with Crippen molar-refractivity contribution in [2.45, 2.75) is 6.42 Å². The normalized spacial score (nSPS) is 9.20. The van der Waals surface area contributed by atoms with E-state index in [0.717, 1.165) is 6.29 Å². The number of aromatic hydroxyl groups is 1. The molecule has 1 aromatic heterocycles. The summed E-state index contributed by atoms with van der Waals surface area (Å²) in [5.41, 5.74) is 0.567. The second-order valence-electron chi connectivity index (χ2n) is 1.86. The molecule has 52 valence electrons. The first-order valence-corrected chi connectivity index (χ1v) is 2.91. The molecular weight excluding hydrogens is 130 g/mol. The Kier molecular flexibility index (Phi) is 1.99. The molecule has 0 amide bonds. The minimum atomic E-state index is -0.0606. The van der Waals surface area contributed by atoms with Crippen molar-refractivity contribution >= 4 is 6.29 Å². The quantitative estimate of drug-likeness (QED) is 0.605. The van der Waals surface area contributed by atoms with Crippen LogP contribution in [0, 0.1) is 0 Å². The third-order valence-corrected chi connectivity index (χ3v) is 1.17. The maximum atomic E-state index is 9.99. The summed E-state index contributed by atoms with van der Waals surface area (Å²) in [5.74, 6) is -0.0606. The number of hydrogen-bond donors (Lipinski definition) is 1. The van der Waals surface area contributed by atoms with E-state index in [1.807, 2.05) is 0 Å². The van der Waals surface area contributed by atoms with Crippen molar-refractivity contribution in [3.8, 4) is 5.88 Å². The molecule has 10 heavy (non-hydrogen) atoms. The van der Waals surface area contributed by atoms with Crippen molar-refractivity contribution in [3.05, 3.63) is 23.9 Å². The summed E-state index contributed by atoms with van der Waals surface area (Å²) in [5, 5.41) is 8.97. The average Bonchev–Trinajstić information content (AvgIpc) is 1.94. The van der Waals surface area contributed by atoms with Crippen LogP contribution in [-0.4, -0.2) is 16.4 Å². The first-order valence-electron chi connectivity index (χ1n) is 2.91. The molecule has 0 atom stereocenters. The summed E-state index contributed by atoms with van der Waals surface area (Å²) < 4.78 is 0. The third-order valence-electron chi connectivity index (χ3n) is 1.17. The minimum absolute atomic E-state index is 0.0606. The number of carbonyl (C=O) groups excluding carboxylic acids is 1. The van der Waals surface area contributed by atoms with Gasteiger partial charge in [-0.2, -0.15) is 0 Å². The topological polar surface area (TPSA) is 50.2 Å². The Morgan fingerprint density at radius 3 is 3.10 bits per heavy atom. The van der Waals surface area contributed by atoms with Gasteiger partial charge < -0.3 is 9.90 Å². The third kappa shape index (κ3) is 1.31. The molecule has 0 saturated carbocycles. The van der Waals surface area contributed by atoms with Gasteiger partial charge >= 0.3 is 0 Å². The van der Waals surface area contributed by atoms with Gasteiger partial charge in [0.15, 0.2) is 0 Å². The number of aromatic nitrogens is 1. The highest BCUT2D eigenvalue weighted by molar-refractivity contribution is 5.56. The van der Waals surface area contributed by atoms with Crippen LogP contribution >= 0.6 is 0 Å². The molecule has 0 aliphatic rings. The SMILES string of the molecule is O=CCc1cccnc1O. The number of pyridine rings is 1. The highest BCUT2D eigenvalue weighted by Gasteiger charge is 1.97. The van der Waals surface area contributed by atoms with Crippen molar-refractivity contribution in [2.75, 3.05) is 0 Å². The standard InChI is InChI=1S/C7H7NO2/c9-5-3-6-2-1-4-8-7(6)10/h1-2,4-5H,3H2,(H,8,10). The number of rotatable bonds is 2. The Labute approximate surface area is 58.3 Å². The monoisotopic (exact) mass is 137 g/mol. The Morgan fingerprint density at radius 1 is 1.70 bits per heavy atom. The predicted molar refractivity (Wildman–Crippen MR) is 35.7 cm³/mol. The summed E-state index contributed by atoms with van der Waals surface area (Å²) >= 11 is 0. The molecule has 0 fully saturated rings. The Balaban J connectivity index is 2.91. The fourth-order valence-corrected chi connectivity index (χ4v) is 0.679. The van der Waals surface area contributed by atoms with E-state index in [9.17, 15) is 4.79 Å². The summed E-state index contributed by atoms with van der Waals surface area (Å²) in [6.45, 7) is 0. The van der Waals surface area contributed by atoms with Crippen LogP contribution in [0.5, 0.6) is 5.88 Å². The maximum Gasteiger partial charge on any atom is 0.214 e. The molecule has 1 rings (SSSR count). The van der Waals surface area contributed by atoms with Crippen molar-refractivity contribution in [2.24, 2.45) is 0 Å². The van der Waals surface area contributed by atoms with Crippen LogP contribution in [0.4, 0.5) is 0 Å². The van der Waals surface area contributed by atoms with Gasteiger partial charge in [0.25, 0.3) is 0 Å². The zero-order valence-corrected chi connectivity index (χ0v) is 5.32. The zero-order chi connectivity index (χ0) is 7.40. The molecule has 3 heteroatoms. The lowest BCUT2D eigenvalue weighted by molar-refractivity contribution is -0.107. The maximum absolute atomic E-state index is 9.99. The number of aldehydes is 1. The predicted octanol–water partition coefficient (Wildman–Crippen LogP) is 0.529. The lowest BCUT2D eigenvalue weighted by atomic mass is 10.2. The van der Waals surface area contributed by atoms with Crippen LogP contribution in [0.2, 0.25) is 0 Å². The van der Waals surface area contributed by atoms with Crippen LogP contribution in [-0.2, 0) is 11.2 Å². The molecule has 1 heterocycles. The van der Waals surface area contributed by atoms with Crippen molar-refractivity contribution in [1.82, 2.24) is 4.98 Å². The number of hydrogen-bond acceptors (Lipinski definition) is 3. The molecule has 0 unspecified atom stereocenters. The highest BCUT2D eigenvalue weighted by Crippen LogP contribution is 2.10. The van der Waals surface area contributed by atoms with Gasteiger partial charge in [0.05, 0.1) is 0 Å². The second kappa shape index (κ2) is 2.96. The van der Waals surface area contributed by atoms with E-state index in [0.29, 0.717) is 5.56 Å². The van der Waals surface area contributed by atoms with E-state index in [4.69, 9.17) is 5.11 Å². The Bertz CT molecular complexity index is 235. The molecule has 0 aliphatic carbocycles. The van der Waals surface area contributed by atoms with Crippen LogP contribution in [0.15, 0.2) is 18.3 Å². The van der Waals surface area contributed by atoms with E-state index in [-0.39, 0.29) is 12.3 Å². The van der Waals surface area contributed by atoms with Gasteiger partial charge in [-0.05, 0) is 6.07 Å². The van der Waals surface area contributed by atoms with E-state index < -0.39 is 0 Å².